The van der Waals surface area contributed by atoms with Gasteiger partial charge < -0.3 is 9.88 Å². The van der Waals surface area contributed by atoms with E-state index in [4.69, 9.17) is 0 Å². The molecule has 1 fully saturated rings. The summed E-state index contributed by atoms with van der Waals surface area (Å²) in [7, 11) is 0. The molecule has 1 atom stereocenters. The van der Waals surface area contributed by atoms with Crippen LogP contribution in [0.2, 0.25) is 0 Å². The number of anilines is 1. The normalized spacial score (nSPS) is 16.0. The summed E-state index contributed by atoms with van der Waals surface area (Å²) in [5.41, 5.74) is 3.01. The van der Waals surface area contributed by atoms with Crippen molar-refractivity contribution >= 4 is 17.0 Å². The van der Waals surface area contributed by atoms with E-state index in [1.165, 1.54) is 18.4 Å². The molecule has 0 radical (unpaired) electrons. The average Bonchev–Trinajstić information content (AvgIpc) is 3.28. The number of hydrogen-bond donors (Lipinski definition) is 1. The van der Waals surface area contributed by atoms with Gasteiger partial charge in [0.25, 0.3) is 0 Å². The predicted molar refractivity (Wildman–Crippen MR) is 82.1 cm³/mol. The van der Waals surface area contributed by atoms with E-state index in [0.717, 1.165) is 17.0 Å². The van der Waals surface area contributed by atoms with Crippen LogP contribution >= 0.6 is 0 Å². The molecule has 2 heterocycles. The molecule has 5 heteroatoms. The molecule has 3 aromatic rings. The summed E-state index contributed by atoms with van der Waals surface area (Å²) in [5, 5.41) is 3.45. The summed E-state index contributed by atoms with van der Waals surface area (Å²) in [5.74, 6) is 0.802. The van der Waals surface area contributed by atoms with Crippen LogP contribution in [0.3, 0.4) is 0 Å². The fourth-order valence-corrected chi connectivity index (χ4v) is 2.61. The highest BCUT2D eigenvalue weighted by atomic mass is 15.2. The molecule has 4 rings (SSSR count). The SMILES string of the molecule is CC(Nc1ncnc2c1ncn2C1CC1)c1ccccc1. The van der Waals surface area contributed by atoms with Gasteiger partial charge in [0, 0.05) is 6.04 Å². The van der Waals surface area contributed by atoms with Crippen LogP contribution in [0.15, 0.2) is 43.0 Å². The topological polar surface area (TPSA) is 55.6 Å². The molecule has 1 aliphatic carbocycles. The maximum Gasteiger partial charge on any atom is 0.165 e. The van der Waals surface area contributed by atoms with Crippen molar-refractivity contribution in [2.75, 3.05) is 5.32 Å². The van der Waals surface area contributed by atoms with Gasteiger partial charge in [-0.3, -0.25) is 0 Å². The number of aromatic nitrogens is 4. The molecular formula is C16H17N5. The molecule has 21 heavy (non-hydrogen) atoms. The minimum Gasteiger partial charge on any atom is -0.362 e. The number of hydrogen-bond acceptors (Lipinski definition) is 4. The second kappa shape index (κ2) is 4.84. The Morgan fingerprint density at radius 2 is 1.95 bits per heavy atom. The van der Waals surface area contributed by atoms with E-state index in [-0.39, 0.29) is 6.04 Å². The third-order valence-corrected chi connectivity index (χ3v) is 3.95. The van der Waals surface area contributed by atoms with Crippen molar-refractivity contribution in [3.63, 3.8) is 0 Å². The molecule has 2 aromatic heterocycles. The molecule has 1 saturated carbocycles. The van der Waals surface area contributed by atoms with Crippen molar-refractivity contribution in [1.29, 1.82) is 0 Å². The second-order valence-electron chi connectivity index (χ2n) is 5.55. The van der Waals surface area contributed by atoms with Crippen LogP contribution in [-0.2, 0) is 0 Å². The molecule has 106 valence electrons. The Bertz CT molecular complexity index is 761. The lowest BCUT2D eigenvalue weighted by atomic mass is 10.1. The van der Waals surface area contributed by atoms with Crippen molar-refractivity contribution in [3.8, 4) is 0 Å². The van der Waals surface area contributed by atoms with Crippen LogP contribution in [0, 0.1) is 0 Å². The van der Waals surface area contributed by atoms with Gasteiger partial charge >= 0.3 is 0 Å². The smallest absolute Gasteiger partial charge is 0.165 e. The van der Waals surface area contributed by atoms with Crippen LogP contribution < -0.4 is 5.32 Å². The first-order valence-corrected chi connectivity index (χ1v) is 7.32. The number of benzene rings is 1. The molecule has 0 bridgehead atoms. The first kappa shape index (κ1) is 12.3. The van der Waals surface area contributed by atoms with E-state index in [1.807, 2.05) is 24.5 Å². The van der Waals surface area contributed by atoms with Crippen molar-refractivity contribution in [3.05, 3.63) is 48.5 Å². The highest BCUT2D eigenvalue weighted by Crippen LogP contribution is 2.37. The molecule has 0 spiro atoms. The van der Waals surface area contributed by atoms with E-state index in [2.05, 4.69) is 43.9 Å². The summed E-state index contributed by atoms with van der Waals surface area (Å²) < 4.78 is 2.16. The monoisotopic (exact) mass is 279 g/mol. The van der Waals surface area contributed by atoms with Gasteiger partial charge in [-0.1, -0.05) is 30.3 Å². The fraction of sp³-hybridized carbons (Fsp3) is 0.312. The highest BCUT2D eigenvalue weighted by Gasteiger charge is 2.26. The summed E-state index contributed by atoms with van der Waals surface area (Å²) in [6, 6.07) is 11.1. The molecule has 5 nitrogen and oxygen atoms in total. The molecule has 1 aromatic carbocycles. The number of nitrogens with zero attached hydrogens (tertiary/aromatic N) is 4. The number of nitrogens with one attached hydrogen (secondary N) is 1. The Kier molecular flexibility index (Phi) is 2.84. The van der Waals surface area contributed by atoms with E-state index >= 15 is 0 Å². The highest BCUT2D eigenvalue weighted by molar-refractivity contribution is 5.83. The van der Waals surface area contributed by atoms with Gasteiger partial charge in [-0.15, -0.1) is 0 Å². The maximum absolute atomic E-state index is 4.50. The summed E-state index contributed by atoms with van der Waals surface area (Å²) in [4.78, 5) is 13.3. The second-order valence-corrected chi connectivity index (χ2v) is 5.55. The Balaban J connectivity index is 1.67. The summed E-state index contributed by atoms with van der Waals surface area (Å²) in [6.07, 6.45) is 5.94. The molecule has 0 saturated heterocycles. The lowest BCUT2D eigenvalue weighted by molar-refractivity contribution is 0.756. The Hall–Kier alpha value is -2.43. The van der Waals surface area contributed by atoms with Gasteiger partial charge in [-0.2, -0.15) is 0 Å². The van der Waals surface area contributed by atoms with Crippen LogP contribution in [0.25, 0.3) is 11.2 Å². The summed E-state index contributed by atoms with van der Waals surface area (Å²) in [6.45, 7) is 2.13. The molecule has 0 amide bonds. The van der Waals surface area contributed by atoms with Gasteiger partial charge in [-0.25, -0.2) is 15.0 Å². The first-order chi connectivity index (χ1) is 10.3. The zero-order valence-corrected chi connectivity index (χ0v) is 11.9. The maximum atomic E-state index is 4.50. The summed E-state index contributed by atoms with van der Waals surface area (Å²) >= 11 is 0. The molecular weight excluding hydrogens is 262 g/mol. The largest absolute Gasteiger partial charge is 0.362 e. The van der Waals surface area contributed by atoms with E-state index in [1.54, 1.807) is 6.33 Å². The molecule has 1 N–H and O–H groups in total. The van der Waals surface area contributed by atoms with Gasteiger partial charge in [0.1, 0.15) is 11.8 Å². The quantitative estimate of drug-likeness (QED) is 0.796. The third-order valence-electron chi connectivity index (χ3n) is 3.95. The van der Waals surface area contributed by atoms with Gasteiger partial charge in [0.15, 0.2) is 11.5 Å². The Morgan fingerprint density at radius 1 is 1.14 bits per heavy atom. The Labute approximate surface area is 123 Å². The van der Waals surface area contributed by atoms with Crippen LogP contribution in [0.1, 0.15) is 37.4 Å². The van der Waals surface area contributed by atoms with Crippen LogP contribution in [0.4, 0.5) is 5.82 Å². The van der Waals surface area contributed by atoms with E-state index in [0.29, 0.717) is 6.04 Å². The molecule has 0 aliphatic heterocycles. The number of imidazole rings is 1. The zero-order valence-electron chi connectivity index (χ0n) is 11.9. The minimum atomic E-state index is 0.176. The zero-order chi connectivity index (χ0) is 14.2. The van der Waals surface area contributed by atoms with Gasteiger partial charge in [-0.05, 0) is 25.3 Å². The molecule has 1 aliphatic rings. The van der Waals surface area contributed by atoms with E-state index in [9.17, 15) is 0 Å². The molecule has 1 unspecified atom stereocenters. The Morgan fingerprint density at radius 3 is 2.71 bits per heavy atom. The van der Waals surface area contributed by atoms with Crippen LogP contribution in [-0.4, -0.2) is 19.5 Å². The standard InChI is InChI=1S/C16H17N5/c1-11(12-5-3-2-4-6-12)20-15-14-16(18-9-17-15)21(10-19-14)13-7-8-13/h2-6,9-11,13H,7-8H2,1H3,(H,17,18,20). The van der Waals surface area contributed by atoms with Crippen molar-refractivity contribution < 1.29 is 0 Å². The van der Waals surface area contributed by atoms with Gasteiger partial charge in [0.2, 0.25) is 0 Å². The number of rotatable bonds is 4. The van der Waals surface area contributed by atoms with Crippen molar-refractivity contribution in [1.82, 2.24) is 19.5 Å². The first-order valence-electron chi connectivity index (χ1n) is 7.32. The minimum absolute atomic E-state index is 0.176. The lowest BCUT2D eigenvalue weighted by Gasteiger charge is -2.14. The lowest BCUT2D eigenvalue weighted by Crippen LogP contribution is -2.08. The average molecular weight is 279 g/mol. The number of fused-ring (bicyclic) bond motifs is 1. The third kappa shape index (κ3) is 2.24. The van der Waals surface area contributed by atoms with Crippen LogP contribution in [0.5, 0.6) is 0 Å². The van der Waals surface area contributed by atoms with E-state index < -0.39 is 0 Å². The van der Waals surface area contributed by atoms with Crippen molar-refractivity contribution in [2.24, 2.45) is 0 Å². The predicted octanol–water partition coefficient (Wildman–Crippen LogP) is 3.33. The fourth-order valence-electron chi connectivity index (χ4n) is 2.61. The van der Waals surface area contributed by atoms with Gasteiger partial charge in [0.05, 0.1) is 12.4 Å². The van der Waals surface area contributed by atoms with Crippen molar-refractivity contribution in [2.45, 2.75) is 31.8 Å².